The van der Waals surface area contributed by atoms with Crippen molar-refractivity contribution in [2.45, 2.75) is 58.3 Å². The van der Waals surface area contributed by atoms with Crippen molar-refractivity contribution in [3.05, 3.63) is 0 Å². The Hall–Kier alpha value is 0.620. The maximum atomic E-state index is 10.9. The van der Waals surface area contributed by atoms with Crippen LogP contribution in [-0.2, 0) is 13.9 Å². The van der Waals surface area contributed by atoms with Gasteiger partial charge in [-0.15, -0.1) is 0 Å². The average Bonchev–Trinajstić information content (AvgIpc) is 2.13. The Kier molecular flexibility index (Phi) is 13.7. The average molecular weight is 276 g/mol. The quantitative estimate of drug-likeness (QED) is 0.383. The Morgan fingerprint density at radius 1 is 1.06 bits per heavy atom. The molecule has 0 rings (SSSR count). The first-order valence-corrected chi connectivity index (χ1v) is 7.26. The number of hydrogen-bond donors (Lipinski definition) is 2. The van der Waals surface area contributed by atoms with Gasteiger partial charge in [-0.3, -0.25) is 14.6 Å². The molecule has 0 aliphatic carbocycles. The molecule has 0 heterocycles. The van der Waals surface area contributed by atoms with E-state index >= 15 is 0 Å². The molecule has 0 aromatic heterocycles. The number of carbonyl (C=O) groups is 1. The molecule has 0 aliphatic rings. The summed E-state index contributed by atoms with van der Waals surface area (Å²) in [5.41, 5.74) is 0. The van der Waals surface area contributed by atoms with Gasteiger partial charge in [0.05, 0.1) is 0 Å². The van der Waals surface area contributed by atoms with Crippen molar-refractivity contribution in [1.82, 2.24) is 0 Å². The van der Waals surface area contributed by atoms with E-state index in [0.717, 1.165) is 19.3 Å². The van der Waals surface area contributed by atoms with Crippen molar-refractivity contribution in [2.24, 2.45) is 0 Å². The van der Waals surface area contributed by atoms with E-state index in [1.165, 1.54) is 19.3 Å². The van der Waals surface area contributed by atoms with Gasteiger partial charge in [-0.05, 0) is 6.42 Å². The molecule has 7 heteroatoms. The van der Waals surface area contributed by atoms with Crippen molar-refractivity contribution >= 4 is 43.3 Å². The molecule has 17 heavy (non-hydrogen) atoms. The molecular weight excluding hydrogens is 254 g/mol. The summed E-state index contributed by atoms with van der Waals surface area (Å²) in [5, 5.41) is 0. The van der Waals surface area contributed by atoms with E-state index in [1.807, 2.05) is 0 Å². The number of phosphoric ester groups is 1. The van der Waals surface area contributed by atoms with Gasteiger partial charge < -0.3 is 4.52 Å². The van der Waals surface area contributed by atoms with Crippen LogP contribution in [0.3, 0.4) is 0 Å². The van der Waals surface area contributed by atoms with Crippen LogP contribution >= 0.6 is 7.82 Å². The van der Waals surface area contributed by atoms with E-state index in [0.29, 0.717) is 6.42 Å². The number of phosphoric acid groups is 1. The van der Waals surface area contributed by atoms with Crippen LogP contribution in [-0.4, -0.2) is 45.3 Å². The molecule has 2 N–H and O–H groups in total. The molecule has 0 aromatic carbocycles. The Bertz CT molecular complexity index is 241. The predicted molar refractivity (Wildman–Crippen MR) is 67.9 cm³/mol. The van der Waals surface area contributed by atoms with Crippen LogP contribution in [0.2, 0.25) is 0 Å². The Morgan fingerprint density at radius 3 is 2.00 bits per heavy atom. The third-order valence-corrected chi connectivity index (χ3v) is 2.65. The van der Waals surface area contributed by atoms with Gasteiger partial charge in [0.25, 0.3) is 0 Å². The zero-order chi connectivity index (χ0) is 12.4. The Labute approximate surface area is 125 Å². The third-order valence-electron chi connectivity index (χ3n) is 2.21. The summed E-state index contributed by atoms with van der Waals surface area (Å²) in [4.78, 5) is 27.6. The number of hydrogen-bond acceptors (Lipinski definition) is 3. The summed E-state index contributed by atoms with van der Waals surface area (Å²) in [5.74, 6) is -0.818. The molecule has 0 radical (unpaired) electrons. The second kappa shape index (κ2) is 11.7. The predicted octanol–water partition coefficient (Wildman–Crippen LogP) is 2.11. The summed E-state index contributed by atoms with van der Waals surface area (Å²) in [6.45, 7) is 2.15. The summed E-state index contributed by atoms with van der Waals surface area (Å²) < 4.78 is 14.2. The topological polar surface area (TPSA) is 83.8 Å². The van der Waals surface area contributed by atoms with E-state index in [-0.39, 0.29) is 36.0 Å². The molecule has 5 nitrogen and oxygen atoms in total. The molecule has 0 amide bonds. The van der Waals surface area contributed by atoms with Gasteiger partial charge in [-0.2, -0.15) is 0 Å². The van der Waals surface area contributed by atoms with E-state index in [9.17, 15) is 9.36 Å². The molecule has 0 aliphatic heterocycles. The molecule has 0 saturated carbocycles. The van der Waals surface area contributed by atoms with E-state index in [1.54, 1.807) is 0 Å². The summed E-state index contributed by atoms with van der Waals surface area (Å²) >= 11 is 0. The van der Waals surface area contributed by atoms with Crippen molar-refractivity contribution in [3.63, 3.8) is 0 Å². The Balaban J connectivity index is 0. The van der Waals surface area contributed by atoms with Crippen LogP contribution in [0.5, 0.6) is 0 Å². The minimum absolute atomic E-state index is 0. The molecule has 0 aromatic rings. The summed E-state index contributed by atoms with van der Waals surface area (Å²) in [7, 11) is -4.64. The van der Waals surface area contributed by atoms with Gasteiger partial charge in [0.1, 0.15) is 0 Å². The van der Waals surface area contributed by atoms with Crippen LogP contribution in [0.15, 0.2) is 0 Å². The first kappa shape index (κ1) is 19.9. The number of carbonyl (C=O) groups excluding carboxylic acids is 1. The van der Waals surface area contributed by atoms with Gasteiger partial charge >= 0.3 is 43.3 Å². The monoisotopic (exact) mass is 276 g/mol. The van der Waals surface area contributed by atoms with Crippen LogP contribution in [0.25, 0.3) is 0 Å². The molecule has 0 fully saturated rings. The van der Waals surface area contributed by atoms with Crippen LogP contribution < -0.4 is 0 Å². The fourth-order valence-electron chi connectivity index (χ4n) is 1.40. The maximum absolute atomic E-state index is 10.9. The minimum atomic E-state index is -4.64. The van der Waals surface area contributed by atoms with Gasteiger partial charge in [0.15, 0.2) is 0 Å². The van der Waals surface area contributed by atoms with E-state index in [4.69, 9.17) is 9.79 Å². The van der Waals surface area contributed by atoms with Crippen LogP contribution in [0, 0.1) is 0 Å². The molecule has 98 valence electrons. The molecule has 0 atom stereocenters. The van der Waals surface area contributed by atoms with Gasteiger partial charge in [-0.25, -0.2) is 4.57 Å². The van der Waals surface area contributed by atoms with Crippen LogP contribution in [0.1, 0.15) is 58.3 Å². The summed E-state index contributed by atoms with van der Waals surface area (Å²) in [6, 6.07) is 0. The second-order valence-electron chi connectivity index (χ2n) is 3.83. The zero-order valence-electron chi connectivity index (χ0n) is 9.72. The number of rotatable bonds is 9. The molecule has 0 spiro atoms. The second-order valence-corrected chi connectivity index (χ2v) is 4.99. The normalized spacial score (nSPS) is 10.8. The fraction of sp³-hybridized carbons (Fsp3) is 0.900. The Morgan fingerprint density at radius 2 is 1.53 bits per heavy atom. The van der Waals surface area contributed by atoms with Crippen molar-refractivity contribution in [1.29, 1.82) is 0 Å². The van der Waals surface area contributed by atoms with E-state index < -0.39 is 13.8 Å². The molecule has 0 bridgehead atoms. The number of unbranched alkanes of at least 4 members (excludes halogenated alkanes) is 6. The molecule has 0 saturated heterocycles. The van der Waals surface area contributed by atoms with Gasteiger partial charge in [0, 0.05) is 6.42 Å². The molecular formula is C10H22NaO5P. The van der Waals surface area contributed by atoms with Gasteiger partial charge in [0.2, 0.25) is 0 Å². The van der Waals surface area contributed by atoms with Gasteiger partial charge in [-0.1, -0.05) is 45.4 Å². The first-order valence-electron chi connectivity index (χ1n) is 5.73. The summed E-state index contributed by atoms with van der Waals surface area (Å²) in [6.07, 6.45) is 7.48. The SMILES string of the molecule is CCCCCCCCCC(=O)OP(=O)(O)O.[NaH]. The first-order chi connectivity index (χ1) is 7.45. The molecule has 0 unspecified atom stereocenters. The van der Waals surface area contributed by atoms with Crippen molar-refractivity contribution in [2.75, 3.05) is 0 Å². The fourth-order valence-corrected chi connectivity index (χ4v) is 1.76. The standard InChI is InChI=1S/C10H21O5P.Na.H/c1-2-3-4-5-6-7-8-9-10(11)15-16(12,13)14;;/h2-9H2,1H3,(H2,12,13,14);;. The van der Waals surface area contributed by atoms with E-state index in [2.05, 4.69) is 11.4 Å². The van der Waals surface area contributed by atoms with Crippen molar-refractivity contribution < 1.29 is 23.7 Å². The third kappa shape index (κ3) is 16.6. The van der Waals surface area contributed by atoms with Crippen LogP contribution in [0.4, 0.5) is 0 Å². The van der Waals surface area contributed by atoms with Crippen molar-refractivity contribution in [3.8, 4) is 0 Å². The zero-order valence-corrected chi connectivity index (χ0v) is 10.6.